The van der Waals surface area contributed by atoms with Gasteiger partial charge in [0.15, 0.2) is 0 Å². The van der Waals surface area contributed by atoms with E-state index in [2.05, 4.69) is 0 Å². The zero-order chi connectivity index (χ0) is 15.5. The van der Waals surface area contributed by atoms with Crippen LogP contribution in [0.2, 0.25) is 0 Å². The summed E-state index contributed by atoms with van der Waals surface area (Å²) < 4.78 is 12.3. The molecule has 0 atom stereocenters. The molecule has 0 unspecified atom stereocenters. The van der Waals surface area contributed by atoms with Crippen molar-refractivity contribution in [3.05, 3.63) is 36.0 Å². The third kappa shape index (κ3) is 3.83. The minimum atomic E-state index is -0.546. The summed E-state index contributed by atoms with van der Waals surface area (Å²) in [4.78, 5) is 12.3. The van der Waals surface area contributed by atoms with Crippen molar-refractivity contribution in [1.29, 1.82) is 0 Å². The van der Waals surface area contributed by atoms with Gasteiger partial charge in [-0.3, -0.25) is 4.57 Å². The molecule has 0 saturated carbocycles. The molecular formula is C16H21NO4. The second-order valence-electron chi connectivity index (χ2n) is 5.80. The van der Waals surface area contributed by atoms with Gasteiger partial charge in [0.2, 0.25) is 0 Å². The molecule has 0 amide bonds. The average molecular weight is 291 g/mol. The Morgan fingerprint density at radius 3 is 2.67 bits per heavy atom. The molecule has 5 nitrogen and oxygen atoms in total. The van der Waals surface area contributed by atoms with E-state index < -0.39 is 11.7 Å². The predicted octanol–water partition coefficient (Wildman–Crippen LogP) is 2.93. The second-order valence-corrected chi connectivity index (χ2v) is 5.80. The van der Waals surface area contributed by atoms with Crippen LogP contribution in [0.5, 0.6) is 0 Å². The zero-order valence-electron chi connectivity index (χ0n) is 12.6. The first-order valence-corrected chi connectivity index (χ1v) is 6.93. The maximum Gasteiger partial charge on any atom is 0.419 e. The van der Waals surface area contributed by atoms with Gasteiger partial charge in [-0.25, -0.2) is 4.79 Å². The van der Waals surface area contributed by atoms with E-state index in [9.17, 15) is 4.79 Å². The van der Waals surface area contributed by atoms with Crippen molar-refractivity contribution in [3.63, 3.8) is 0 Å². The Morgan fingerprint density at radius 2 is 2.00 bits per heavy atom. The first-order chi connectivity index (χ1) is 9.92. The lowest BCUT2D eigenvalue weighted by Gasteiger charge is -2.19. The molecule has 0 aliphatic carbocycles. The van der Waals surface area contributed by atoms with Crippen molar-refractivity contribution in [2.45, 2.75) is 33.0 Å². The van der Waals surface area contributed by atoms with Crippen LogP contribution in [0.25, 0.3) is 10.9 Å². The van der Waals surface area contributed by atoms with Crippen molar-refractivity contribution in [2.24, 2.45) is 0 Å². The van der Waals surface area contributed by atoms with Crippen LogP contribution in [0.3, 0.4) is 0 Å². The Morgan fingerprint density at radius 1 is 1.29 bits per heavy atom. The number of carbonyl (C=O) groups excluding carboxylic acids is 1. The highest BCUT2D eigenvalue weighted by Crippen LogP contribution is 2.23. The van der Waals surface area contributed by atoms with Crippen LogP contribution >= 0.6 is 0 Å². The number of ether oxygens (including phenoxy) is 2. The quantitative estimate of drug-likeness (QED) is 0.880. The van der Waals surface area contributed by atoms with Gasteiger partial charge in [-0.15, -0.1) is 0 Å². The fourth-order valence-electron chi connectivity index (χ4n) is 2.07. The maximum absolute atomic E-state index is 12.3. The van der Waals surface area contributed by atoms with Gasteiger partial charge in [0, 0.05) is 17.1 Å². The van der Waals surface area contributed by atoms with Crippen LogP contribution in [0.1, 0.15) is 26.3 Å². The summed E-state index contributed by atoms with van der Waals surface area (Å²) >= 11 is 0. The van der Waals surface area contributed by atoms with Gasteiger partial charge in [-0.05, 0) is 26.8 Å². The summed E-state index contributed by atoms with van der Waals surface area (Å²) in [5.41, 5.74) is 1.13. The highest BCUT2D eigenvalue weighted by molar-refractivity contribution is 5.91. The summed E-state index contributed by atoms with van der Waals surface area (Å²) in [5, 5.41) is 9.72. The van der Waals surface area contributed by atoms with Crippen LogP contribution in [-0.2, 0) is 16.1 Å². The molecule has 0 spiro atoms. The lowest BCUT2D eigenvalue weighted by atomic mass is 10.2. The smallest absolute Gasteiger partial charge is 0.419 e. The van der Waals surface area contributed by atoms with E-state index >= 15 is 0 Å². The molecule has 0 aliphatic heterocycles. The molecule has 0 fully saturated rings. The molecule has 21 heavy (non-hydrogen) atoms. The topological polar surface area (TPSA) is 60.7 Å². The number of aliphatic hydroxyl groups excluding tert-OH is 1. The predicted molar refractivity (Wildman–Crippen MR) is 80.3 cm³/mol. The molecule has 5 heteroatoms. The minimum absolute atomic E-state index is 0.0231. The molecule has 0 saturated heterocycles. The highest BCUT2D eigenvalue weighted by atomic mass is 16.6. The van der Waals surface area contributed by atoms with E-state index in [1.54, 1.807) is 6.20 Å². The Hall–Kier alpha value is -1.85. The van der Waals surface area contributed by atoms with Gasteiger partial charge >= 0.3 is 6.09 Å². The molecule has 2 aromatic rings. The number of nitrogens with zero attached hydrogens (tertiary/aromatic N) is 1. The summed E-state index contributed by atoms with van der Waals surface area (Å²) in [6, 6.07) is 7.60. The van der Waals surface area contributed by atoms with E-state index in [4.69, 9.17) is 14.6 Å². The lowest BCUT2D eigenvalue weighted by Crippen LogP contribution is -2.26. The standard InChI is InChI=1S/C16H21NO4/c1-16(2,3)21-15(19)17-10-12(11-20-9-8-18)13-6-4-5-7-14(13)17/h4-7,10,18H,8-9,11H2,1-3H3. The third-order valence-corrected chi connectivity index (χ3v) is 2.88. The van der Waals surface area contributed by atoms with Crippen LogP contribution in [0.15, 0.2) is 30.5 Å². The summed E-state index contributed by atoms with van der Waals surface area (Å²) in [6.45, 7) is 6.10. The summed E-state index contributed by atoms with van der Waals surface area (Å²) in [6.07, 6.45) is 1.32. The van der Waals surface area contributed by atoms with Gasteiger partial charge < -0.3 is 14.6 Å². The van der Waals surface area contributed by atoms with Crippen molar-refractivity contribution < 1.29 is 19.4 Å². The number of aliphatic hydroxyl groups is 1. The van der Waals surface area contributed by atoms with Crippen molar-refractivity contribution in [1.82, 2.24) is 4.57 Å². The summed E-state index contributed by atoms with van der Waals surface area (Å²) in [5.74, 6) is 0. The number of fused-ring (bicyclic) bond motifs is 1. The number of hydrogen-bond donors (Lipinski definition) is 1. The van der Waals surface area contributed by atoms with Gasteiger partial charge in [-0.2, -0.15) is 0 Å². The maximum atomic E-state index is 12.3. The number of para-hydroxylation sites is 1. The summed E-state index contributed by atoms with van der Waals surface area (Å²) in [7, 11) is 0. The van der Waals surface area contributed by atoms with Crippen LogP contribution in [0, 0.1) is 0 Å². The number of benzene rings is 1. The van der Waals surface area contributed by atoms with Crippen LogP contribution in [-0.4, -0.2) is 34.6 Å². The van der Waals surface area contributed by atoms with Gasteiger partial charge in [-0.1, -0.05) is 18.2 Å². The number of hydrogen-bond acceptors (Lipinski definition) is 4. The Balaban J connectivity index is 2.33. The Labute approximate surface area is 124 Å². The Kier molecular flexibility index (Phi) is 4.65. The Bertz CT molecular complexity index is 625. The molecule has 0 aliphatic rings. The highest BCUT2D eigenvalue weighted by Gasteiger charge is 2.20. The van der Waals surface area contributed by atoms with Gasteiger partial charge in [0.05, 0.1) is 25.3 Å². The third-order valence-electron chi connectivity index (χ3n) is 2.88. The number of aromatic nitrogens is 1. The molecule has 2 rings (SSSR count). The monoisotopic (exact) mass is 291 g/mol. The van der Waals surface area contributed by atoms with Gasteiger partial charge in [0.25, 0.3) is 0 Å². The molecule has 114 valence electrons. The van der Waals surface area contributed by atoms with Crippen molar-refractivity contribution >= 4 is 17.0 Å². The largest absolute Gasteiger partial charge is 0.443 e. The zero-order valence-corrected chi connectivity index (χ0v) is 12.6. The fraction of sp³-hybridized carbons (Fsp3) is 0.438. The first kappa shape index (κ1) is 15.5. The SMILES string of the molecule is CC(C)(C)OC(=O)n1cc(COCCO)c2ccccc21. The fourth-order valence-corrected chi connectivity index (χ4v) is 2.07. The molecule has 1 aromatic carbocycles. The lowest BCUT2D eigenvalue weighted by molar-refractivity contribution is 0.0542. The molecule has 0 radical (unpaired) electrons. The van der Waals surface area contributed by atoms with Crippen molar-refractivity contribution in [3.8, 4) is 0 Å². The van der Waals surface area contributed by atoms with E-state index in [1.165, 1.54) is 4.57 Å². The number of carbonyl (C=O) groups is 1. The van der Waals surface area contributed by atoms with Crippen LogP contribution < -0.4 is 0 Å². The van der Waals surface area contributed by atoms with E-state index in [0.717, 1.165) is 16.5 Å². The number of rotatable bonds is 4. The van der Waals surface area contributed by atoms with E-state index in [1.807, 2.05) is 45.0 Å². The molecule has 1 heterocycles. The molecule has 0 bridgehead atoms. The molecule has 1 aromatic heterocycles. The molecular weight excluding hydrogens is 270 g/mol. The van der Waals surface area contributed by atoms with E-state index in [0.29, 0.717) is 6.61 Å². The average Bonchev–Trinajstić information content (AvgIpc) is 2.77. The second kappa shape index (κ2) is 6.28. The van der Waals surface area contributed by atoms with Crippen LogP contribution in [0.4, 0.5) is 4.79 Å². The first-order valence-electron chi connectivity index (χ1n) is 6.93. The van der Waals surface area contributed by atoms with Crippen molar-refractivity contribution in [2.75, 3.05) is 13.2 Å². The van der Waals surface area contributed by atoms with Gasteiger partial charge in [0.1, 0.15) is 5.60 Å². The molecule has 1 N–H and O–H groups in total. The normalized spacial score (nSPS) is 11.8. The van der Waals surface area contributed by atoms with E-state index in [-0.39, 0.29) is 13.2 Å². The minimum Gasteiger partial charge on any atom is -0.443 e.